The number of nitrogens with one attached hydrogen (secondary N) is 1. The van der Waals surface area contributed by atoms with Crippen molar-refractivity contribution in [2.24, 2.45) is 0 Å². The SMILES string of the molecule is O=C(OCCC1CCCCN1)c1ccco1. The molecule has 0 spiro atoms. The van der Waals surface area contributed by atoms with Crippen molar-refractivity contribution in [3.05, 3.63) is 24.2 Å². The van der Waals surface area contributed by atoms with Gasteiger partial charge in [0.25, 0.3) is 0 Å². The summed E-state index contributed by atoms with van der Waals surface area (Å²) >= 11 is 0. The number of furan rings is 1. The van der Waals surface area contributed by atoms with E-state index in [9.17, 15) is 4.79 Å². The molecule has 2 rings (SSSR count). The molecule has 1 aliphatic rings. The fourth-order valence-corrected chi connectivity index (χ4v) is 1.93. The predicted molar refractivity (Wildman–Crippen MR) is 59.2 cm³/mol. The molecule has 1 fully saturated rings. The van der Waals surface area contributed by atoms with E-state index in [0.29, 0.717) is 12.6 Å². The number of hydrogen-bond donors (Lipinski definition) is 1. The van der Waals surface area contributed by atoms with E-state index in [1.54, 1.807) is 12.1 Å². The van der Waals surface area contributed by atoms with Crippen LogP contribution in [0.25, 0.3) is 0 Å². The number of esters is 1. The van der Waals surface area contributed by atoms with Crippen LogP contribution in [0, 0.1) is 0 Å². The van der Waals surface area contributed by atoms with Crippen LogP contribution in [0.5, 0.6) is 0 Å². The lowest BCUT2D eigenvalue weighted by Gasteiger charge is -2.22. The third kappa shape index (κ3) is 3.10. The molecule has 1 N–H and O–H groups in total. The number of rotatable bonds is 4. The van der Waals surface area contributed by atoms with Gasteiger partial charge in [-0.25, -0.2) is 4.79 Å². The Morgan fingerprint density at radius 2 is 2.50 bits per heavy atom. The van der Waals surface area contributed by atoms with Crippen LogP contribution in [0.4, 0.5) is 0 Å². The standard InChI is InChI=1S/C12H17NO3/c14-12(11-5-3-8-15-11)16-9-6-10-4-1-2-7-13-10/h3,5,8,10,13H,1-2,4,6-7,9H2. The Morgan fingerprint density at radius 3 is 3.19 bits per heavy atom. The lowest BCUT2D eigenvalue weighted by Crippen LogP contribution is -2.34. The van der Waals surface area contributed by atoms with Crippen LogP contribution in [0.3, 0.4) is 0 Å². The molecule has 1 saturated heterocycles. The van der Waals surface area contributed by atoms with Gasteiger partial charge >= 0.3 is 5.97 Å². The van der Waals surface area contributed by atoms with Crippen molar-refractivity contribution in [2.45, 2.75) is 31.7 Å². The Morgan fingerprint density at radius 1 is 1.56 bits per heavy atom. The summed E-state index contributed by atoms with van der Waals surface area (Å²) in [5, 5.41) is 3.41. The number of carbonyl (C=O) groups excluding carboxylic acids is 1. The Kier molecular flexibility index (Phi) is 3.99. The molecule has 1 aromatic rings. The first-order valence-corrected chi connectivity index (χ1v) is 5.80. The first-order valence-electron chi connectivity index (χ1n) is 5.80. The first-order chi connectivity index (χ1) is 7.86. The zero-order valence-electron chi connectivity index (χ0n) is 9.28. The predicted octanol–water partition coefficient (Wildman–Crippen LogP) is 1.97. The third-order valence-electron chi connectivity index (χ3n) is 2.83. The van der Waals surface area contributed by atoms with Gasteiger partial charge in [-0.05, 0) is 37.9 Å². The molecule has 0 amide bonds. The van der Waals surface area contributed by atoms with Gasteiger partial charge in [-0.2, -0.15) is 0 Å². The van der Waals surface area contributed by atoms with Gasteiger partial charge in [-0.1, -0.05) is 6.42 Å². The monoisotopic (exact) mass is 223 g/mol. The molecule has 0 aromatic carbocycles. The van der Waals surface area contributed by atoms with Crippen LogP contribution in [-0.4, -0.2) is 25.2 Å². The minimum atomic E-state index is -0.374. The second kappa shape index (κ2) is 5.70. The van der Waals surface area contributed by atoms with E-state index >= 15 is 0 Å². The van der Waals surface area contributed by atoms with Gasteiger partial charge in [-0.3, -0.25) is 0 Å². The second-order valence-corrected chi connectivity index (χ2v) is 4.05. The molecule has 2 heterocycles. The molecular weight excluding hydrogens is 206 g/mol. The van der Waals surface area contributed by atoms with Gasteiger partial charge in [0.05, 0.1) is 12.9 Å². The maximum atomic E-state index is 11.4. The van der Waals surface area contributed by atoms with Crippen LogP contribution < -0.4 is 5.32 Å². The number of carbonyl (C=O) groups is 1. The van der Waals surface area contributed by atoms with Crippen LogP contribution in [-0.2, 0) is 4.74 Å². The van der Waals surface area contributed by atoms with Gasteiger partial charge in [-0.15, -0.1) is 0 Å². The van der Waals surface area contributed by atoms with Crippen molar-refractivity contribution in [3.8, 4) is 0 Å². The fourth-order valence-electron chi connectivity index (χ4n) is 1.93. The smallest absolute Gasteiger partial charge is 0.374 e. The lowest BCUT2D eigenvalue weighted by atomic mass is 10.0. The van der Waals surface area contributed by atoms with Crippen molar-refractivity contribution in [3.63, 3.8) is 0 Å². The summed E-state index contributed by atoms with van der Waals surface area (Å²) in [7, 11) is 0. The van der Waals surface area contributed by atoms with Gasteiger partial charge in [0.2, 0.25) is 5.76 Å². The summed E-state index contributed by atoms with van der Waals surface area (Å²) in [5.74, 6) is -0.0996. The number of hydrogen-bond acceptors (Lipinski definition) is 4. The molecule has 0 saturated carbocycles. The molecular formula is C12H17NO3. The van der Waals surface area contributed by atoms with E-state index in [1.165, 1.54) is 25.5 Å². The van der Waals surface area contributed by atoms with Gasteiger partial charge < -0.3 is 14.5 Å². The molecule has 16 heavy (non-hydrogen) atoms. The summed E-state index contributed by atoms with van der Waals surface area (Å²) in [4.78, 5) is 11.4. The highest BCUT2D eigenvalue weighted by atomic mass is 16.5. The second-order valence-electron chi connectivity index (χ2n) is 4.05. The van der Waals surface area contributed by atoms with Crippen molar-refractivity contribution < 1.29 is 13.9 Å². The molecule has 1 aliphatic heterocycles. The van der Waals surface area contributed by atoms with Crippen LogP contribution in [0.2, 0.25) is 0 Å². The molecule has 0 aliphatic carbocycles. The molecule has 1 atom stereocenters. The minimum absolute atomic E-state index is 0.275. The number of piperidine rings is 1. The van der Waals surface area contributed by atoms with E-state index in [1.807, 2.05) is 0 Å². The largest absolute Gasteiger partial charge is 0.460 e. The lowest BCUT2D eigenvalue weighted by molar-refractivity contribution is 0.0450. The van der Waals surface area contributed by atoms with Crippen LogP contribution >= 0.6 is 0 Å². The molecule has 88 valence electrons. The Balaban J connectivity index is 1.66. The average molecular weight is 223 g/mol. The summed E-state index contributed by atoms with van der Waals surface area (Å²) in [6, 6.07) is 3.79. The van der Waals surface area contributed by atoms with Crippen molar-refractivity contribution >= 4 is 5.97 Å². The van der Waals surface area contributed by atoms with E-state index in [0.717, 1.165) is 13.0 Å². The highest BCUT2D eigenvalue weighted by Gasteiger charge is 2.14. The molecule has 4 heteroatoms. The maximum Gasteiger partial charge on any atom is 0.374 e. The van der Waals surface area contributed by atoms with Crippen molar-refractivity contribution in [1.82, 2.24) is 5.32 Å². The van der Waals surface area contributed by atoms with E-state index in [2.05, 4.69) is 5.32 Å². The fraction of sp³-hybridized carbons (Fsp3) is 0.583. The van der Waals surface area contributed by atoms with Gasteiger partial charge in [0, 0.05) is 6.04 Å². The van der Waals surface area contributed by atoms with E-state index in [4.69, 9.17) is 9.15 Å². The highest BCUT2D eigenvalue weighted by Crippen LogP contribution is 2.10. The van der Waals surface area contributed by atoms with Crippen molar-refractivity contribution in [2.75, 3.05) is 13.2 Å². The van der Waals surface area contributed by atoms with Crippen LogP contribution in [0.1, 0.15) is 36.2 Å². The van der Waals surface area contributed by atoms with E-state index in [-0.39, 0.29) is 11.7 Å². The maximum absolute atomic E-state index is 11.4. The highest BCUT2D eigenvalue weighted by molar-refractivity contribution is 5.86. The zero-order valence-corrected chi connectivity index (χ0v) is 9.28. The molecule has 1 aromatic heterocycles. The molecule has 1 unspecified atom stereocenters. The Bertz CT molecular complexity index is 315. The molecule has 4 nitrogen and oxygen atoms in total. The molecule has 0 bridgehead atoms. The van der Waals surface area contributed by atoms with E-state index < -0.39 is 0 Å². The zero-order chi connectivity index (χ0) is 11.2. The molecule has 0 radical (unpaired) electrons. The van der Waals surface area contributed by atoms with Gasteiger partial charge in [0.1, 0.15) is 0 Å². The summed E-state index contributed by atoms with van der Waals surface area (Å²) in [6.45, 7) is 1.54. The first kappa shape index (κ1) is 11.2. The Labute approximate surface area is 95.0 Å². The number of ether oxygens (including phenoxy) is 1. The minimum Gasteiger partial charge on any atom is -0.460 e. The Hall–Kier alpha value is -1.29. The quantitative estimate of drug-likeness (QED) is 0.793. The summed E-state index contributed by atoms with van der Waals surface area (Å²) in [6.07, 6.45) is 6.05. The average Bonchev–Trinajstić information content (AvgIpc) is 2.84. The van der Waals surface area contributed by atoms with Gasteiger partial charge in [0.15, 0.2) is 0 Å². The van der Waals surface area contributed by atoms with Crippen molar-refractivity contribution in [1.29, 1.82) is 0 Å². The van der Waals surface area contributed by atoms with Crippen LogP contribution in [0.15, 0.2) is 22.8 Å². The topological polar surface area (TPSA) is 51.5 Å². The summed E-state index contributed by atoms with van der Waals surface area (Å²) < 4.78 is 10.1. The third-order valence-corrected chi connectivity index (χ3v) is 2.83. The normalized spacial score (nSPS) is 20.6. The summed E-state index contributed by atoms with van der Waals surface area (Å²) in [5.41, 5.74) is 0.